The molecule has 1 aromatic rings. The van der Waals surface area contributed by atoms with Gasteiger partial charge in [-0.25, -0.2) is 0 Å². The van der Waals surface area contributed by atoms with Crippen LogP contribution in [0.2, 0.25) is 5.02 Å². The second kappa shape index (κ2) is 7.99. The highest BCUT2D eigenvalue weighted by Crippen LogP contribution is 2.26. The fraction of sp³-hybridized carbons (Fsp3) is 0.647. The van der Waals surface area contributed by atoms with Gasteiger partial charge in [-0.15, -0.1) is 0 Å². The lowest BCUT2D eigenvalue weighted by molar-refractivity contribution is -0.0982. The summed E-state index contributed by atoms with van der Waals surface area (Å²) in [6, 6.07) is 5.43. The second-order valence-corrected chi connectivity index (χ2v) is 7.22. The van der Waals surface area contributed by atoms with E-state index in [9.17, 15) is 10.1 Å². The van der Waals surface area contributed by atoms with E-state index in [2.05, 4.69) is 18.7 Å². The zero-order valence-electron chi connectivity index (χ0n) is 15.1. The van der Waals surface area contributed by atoms with Crippen molar-refractivity contribution in [1.29, 1.82) is 0 Å². The van der Waals surface area contributed by atoms with Crippen LogP contribution in [0.5, 0.6) is 0 Å². The highest BCUT2D eigenvalue weighted by molar-refractivity contribution is 6.61. The van der Waals surface area contributed by atoms with Crippen molar-refractivity contribution in [3.05, 3.63) is 28.8 Å². The Morgan fingerprint density at radius 3 is 2.22 bits per heavy atom. The van der Waals surface area contributed by atoms with E-state index in [4.69, 9.17) is 16.3 Å². The van der Waals surface area contributed by atoms with E-state index >= 15 is 0 Å². The minimum absolute atomic E-state index is 0.609. The Kier molecular flexibility index (Phi) is 7.11. The van der Waals surface area contributed by atoms with E-state index in [0.29, 0.717) is 17.0 Å². The molecule has 0 fully saturated rings. The van der Waals surface area contributed by atoms with Crippen LogP contribution in [0.25, 0.3) is 0 Å². The van der Waals surface area contributed by atoms with Crippen molar-refractivity contribution < 1.29 is 14.8 Å². The number of hydrogen-bond donors (Lipinski definition) is 2. The number of rotatable bonds is 8. The van der Waals surface area contributed by atoms with Crippen molar-refractivity contribution in [3.63, 3.8) is 0 Å². The molecular formula is C17H29BClNO3. The van der Waals surface area contributed by atoms with Crippen LogP contribution in [-0.2, 0) is 11.2 Å². The summed E-state index contributed by atoms with van der Waals surface area (Å²) in [6.45, 7) is 13.4. The summed E-state index contributed by atoms with van der Waals surface area (Å²) in [5.74, 6) is 0. The van der Waals surface area contributed by atoms with Crippen molar-refractivity contribution in [2.75, 3.05) is 13.1 Å². The number of benzene rings is 1. The molecule has 1 rings (SSSR count). The smallest absolute Gasteiger partial charge is 0.423 e. The molecular weight excluding hydrogens is 312 g/mol. The first-order valence-corrected chi connectivity index (χ1v) is 8.49. The zero-order chi connectivity index (χ0) is 17.8. The molecule has 0 saturated carbocycles. The molecule has 2 N–H and O–H groups in total. The Morgan fingerprint density at radius 1 is 1.17 bits per heavy atom. The lowest BCUT2D eigenvalue weighted by Crippen LogP contribution is -2.53. The second-order valence-electron chi connectivity index (χ2n) is 6.81. The first-order chi connectivity index (χ1) is 10.5. The fourth-order valence-electron chi connectivity index (χ4n) is 2.13. The van der Waals surface area contributed by atoms with Gasteiger partial charge in [0.05, 0.1) is 11.2 Å². The molecule has 4 nitrogen and oxygen atoms in total. The lowest BCUT2D eigenvalue weighted by atomic mass is 9.74. The molecule has 0 aliphatic rings. The van der Waals surface area contributed by atoms with Crippen molar-refractivity contribution in [1.82, 2.24) is 4.90 Å². The number of hydrogen-bond acceptors (Lipinski definition) is 4. The van der Waals surface area contributed by atoms with E-state index in [-0.39, 0.29) is 0 Å². The van der Waals surface area contributed by atoms with Crippen LogP contribution >= 0.6 is 11.6 Å². The maximum atomic E-state index is 10.6. The van der Waals surface area contributed by atoms with E-state index in [1.165, 1.54) is 0 Å². The van der Waals surface area contributed by atoms with Crippen LogP contribution in [0, 0.1) is 0 Å². The zero-order valence-corrected chi connectivity index (χ0v) is 15.8. The third-order valence-corrected chi connectivity index (χ3v) is 4.93. The maximum absolute atomic E-state index is 10.6. The van der Waals surface area contributed by atoms with Crippen LogP contribution in [0.4, 0.5) is 0 Å². The van der Waals surface area contributed by atoms with E-state index in [0.717, 1.165) is 18.7 Å². The van der Waals surface area contributed by atoms with Gasteiger partial charge in [-0.05, 0) is 57.9 Å². The molecule has 1 aromatic carbocycles. The maximum Gasteiger partial charge on any atom is 0.492 e. The van der Waals surface area contributed by atoms with Crippen molar-refractivity contribution in [3.8, 4) is 0 Å². The number of nitrogens with zero attached hydrogens (tertiary/aromatic N) is 1. The van der Waals surface area contributed by atoms with Gasteiger partial charge in [0.2, 0.25) is 0 Å². The van der Waals surface area contributed by atoms with Crippen LogP contribution in [0.15, 0.2) is 18.2 Å². The van der Waals surface area contributed by atoms with Gasteiger partial charge < -0.3 is 14.8 Å². The molecule has 0 aliphatic carbocycles. The lowest BCUT2D eigenvalue weighted by Gasteiger charge is -2.38. The quantitative estimate of drug-likeness (QED) is 0.713. The molecule has 23 heavy (non-hydrogen) atoms. The Labute approximate surface area is 145 Å². The highest BCUT2D eigenvalue weighted by Gasteiger charge is 2.40. The Balaban J connectivity index is 3.10. The molecule has 0 atom stereocenters. The van der Waals surface area contributed by atoms with Gasteiger partial charge in [-0.2, -0.15) is 0 Å². The molecule has 0 unspecified atom stereocenters. The first kappa shape index (κ1) is 20.5. The molecule has 0 radical (unpaired) electrons. The molecule has 0 aliphatic heterocycles. The van der Waals surface area contributed by atoms with Crippen molar-refractivity contribution in [2.45, 2.75) is 59.3 Å². The summed E-state index contributed by atoms with van der Waals surface area (Å²) >= 11 is 6.35. The van der Waals surface area contributed by atoms with Gasteiger partial charge in [-0.3, -0.25) is 4.90 Å². The van der Waals surface area contributed by atoms with Gasteiger partial charge in [0.1, 0.15) is 0 Å². The summed E-state index contributed by atoms with van der Waals surface area (Å²) in [5, 5.41) is 21.4. The SMILES string of the molecule is CCN(CC)Cc1c(Cl)cccc1B(O)OC(C)(C)C(C)(C)O. The normalized spacial score (nSPS) is 12.8. The van der Waals surface area contributed by atoms with E-state index < -0.39 is 18.3 Å². The Morgan fingerprint density at radius 2 is 1.74 bits per heavy atom. The molecule has 0 amide bonds. The standard InChI is InChI=1S/C17H29BClNO3/c1-7-20(8-2)12-13-14(10-9-11-15(13)19)18(22)23-17(5,6)16(3,4)21/h9-11,21-22H,7-8,12H2,1-6H3. The number of aliphatic hydroxyl groups is 1. The molecule has 0 bridgehead atoms. The Bertz CT molecular complexity index is 513. The molecule has 0 heterocycles. The summed E-state index contributed by atoms with van der Waals surface area (Å²) in [6.07, 6.45) is 0. The topological polar surface area (TPSA) is 52.9 Å². The van der Waals surface area contributed by atoms with Crippen LogP contribution in [-0.4, -0.2) is 46.4 Å². The van der Waals surface area contributed by atoms with Crippen LogP contribution in [0.1, 0.15) is 47.1 Å². The predicted molar refractivity (Wildman–Crippen MR) is 97.1 cm³/mol. The third-order valence-electron chi connectivity index (χ3n) is 4.58. The summed E-state index contributed by atoms with van der Waals surface area (Å²) < 4.78 is 5.76. The Hall–Kier alpha value is -0.585. The molecule has 0 aromatic heterocycles. The largest absolute Gasteiger partial charge is 0.492 e. The average Bonchev–Trinajstić information content (AvgIpc) is 2.44. The van der Waals surface area contributed by atoms with Gasteiger partial charge in [0.25, 0.3) is 0 Å². The summed E-state index contributed by atoms with van der Waals surface area (Å²) in [5.41, 5.74) is -0.508. The summed E-state index contributed by atoms with van der Waals surface area (Å²) in [7, 11) is -1.15. The molecule has 0 spiro atoms. The van der Waals surface area contributed by atoms with Gasteiger partial charge in [0, 0.05) is 11.6 Å². The van der Waals surface area contributed by atoms with Crippen molar-refractivity contribution >= 4 is 24.2 Å². The predicted octanol–water partition coefficient (Wildman–Crippen LogP) is 2.44. The highest BCUT2D eigenvalue weighted by atomic mass is 35.5. The third kappa shape index (κ3) is 5.20. The number of halogens is 1. The molecule has 6 heteroatoms. The fourth-order valence-corrected chi connectivity index (χ4v) is 2.37. The average molecular weight is 342 g/mol. The minimum atomic E-state index is -1.15. The molecule has 0 saturated heterocycles. The van der Waals surface area contributed by atoms with Gasteiger partial charge in [0.15, 0.2) is 0 Å². The minimum Gasteiger partial charge on any atom is -0.423 e. The van der Waals surface area contributed by atoms with Gasteiger partial charge in [-0.1, -0.05) is 37.6 Å². The van der Waals surface area contributed by atoms with Gasteiger partial charge >= 0.3 is 7.12 Å². The van der Waals surface area contributed by atoms with E-state index in [1.807, 2.05) is 12.1 Å². The monoisotopic (exact) mass is 341 g/mol. The van der Waals surface area contributed by atoms with Crippen LogP contribution < -0.4 is 5.46 Å². The van der Waals surface area contributed by atoms with Crippen LogP contribution in [0.3, 0.4) is 0 Å². The molecule has 130 valence electrons. The van der Waals surface area contributed by atoms with E-state index in [1.54, 1.807) is 33.8 Å². The summed E-state index contributed by atoms with van der Waals surface area (Å²) in [4.78, 5) is 2.22. The first-order valence-electron chi connectivity index (χ1n) is 8.11. The van der Waals surface area contributed by atoms with Crippen molar-refractivity contribution in [2.24, 2.45) is 0 Å².